The van der Waals surface area contributed by atoms with Crippen LogP contribution < -0.4 is 9.62 Å². The van der Waals surface area contributed by atoms with Crippen molar-refractivity contribution in [1.29, 1.82) is 0 Å². The molecule has 132 valence electrons. The molecule has 0 radical (unpaired) electrons. The molecule has 5 nitrogen and oxygen atoms in total. The zero-order valence-corrected chi connectivity index (χ0v) is 14.9. The molecule has 1 fully saturated rings. The van der Waals surface area contributed by atoms with Crippen molar-refractivity contribution < 1.29 is 13.2 Å². The molecule has 3 aromatic carbocycles. The first-order chi connectivity index (χ1) is 12.5. The topological polar surface area (TPSA) is 66.5 Å². The van der Waals surface area contributed by atoms with Crippen molar-refractivity contribution in [3.05, 3.63) is 72.3 Å². The van der Waals surface area contributed by atoms with Crippen LogP contribution in [0.5, 0.6) is 0 Å². The maximum Gasteiger partial charge on any atom is 0.256 e. The summed E-state index contributed by atoms with van der Waals surface area (Å²) in [5.41, 5.74) is 1.86. The lowest BCUT2D eigenvalue weighted by atomic mass is 10.0. The van der Waals surface area contributed by atoms with Gasteiger partial charge in [-0.05, 0) is 47.5 Å². The van der Waals surface area contributed by atoms with E-state index in [4.69, 9.17) is 0 Å². The van der Waals surface area contributed by atoms with Gasteiger partial charge in [-0.25, -0.2) is 8.42 Å². The fraction of sp³-hybridized carbons (Fsp3) is 0.150. The number of anilines is 2. The van der Waals surface area contributed by atoms with Gasteiger partial charge in [0, 0.05) is 17.8 Å². The number of hydrogen-bond acceptors (Lipinski definition) is 3. The molecule has 6 heteroatoms. The second kappa shape index (κ2) is 6.46. The van der Waals surface area contributed by atoms with E-state index in [0.29, 0.717) is 29.9 Å². The van der Waals surface area contributed by atoms with Crippen LogP contribution in [-0.4, -0.2) is 26.6 Å². The van der Waals surface area contributed by atoms with Crippen LogP contribution in [-0.2, 0) is 10.0 Å². The third-order valence-corrected chi connectivity index (χ3v) is 6.42. The molecule has 4 rings (SSSR count). The lowest BCUT2D eigenvalue weighted by Gasteiger charge is -2.17. The molecule has 1 aliphatic heterocycles. The molecule has 0 spiro atoms. The van der Waals surface area contributed by atoms with Crippen molar-refractivity contribution in [3.8, 4) is 0 Å². The second-order valence-electron chi connectivity index (χ2n) is 6.27. The Kier molecular flexibility index (Phi) is 4.12. The second-order valence-corrected chi connectivity index (χ2v) is 8.28. The minimum Gasteiger partial charge on any atom is -0.322 e. The summed E-state index contributed by atoms with van der Waals surface area (Å²) in [7, 11) is -3.20. The van der Waals surface area contributed by atoms with Gasteiger partial charge in [-0.15, -0.1) is 0 Å². The van der Waals surface area contributed by atoms with E-state index in [1.807, 2.05) is 36.4 Å². The predicted molar refractivity (Wildman–Crippen MR) is 104 cm³/mol. The predicted octanol–water partition coefficient (Wildman–Crippen LogP) is 3.63. The summed E-state index contributed by atoms with van der Waals surface area (Å²) < 4.78 is 25.4. The molecule has 0 aromatic heterocycles. The number of nitrogens with one attached hydrogen (secondary N) is 1. The minimum atomic E-state index is -3.20. The van der Waals surface area contributed by atoms with Gasteiger partial charge in [0.2, 0.25) is 10.0 Å². The summed E-state index contributed by atoms with van der Waals surface area (Å²) in [6.45, 7) is 0.504. The van der Waals surface area contributed by atoms with Gasteiger partial charge in [0.25, 0.3) is 5.91 Å². The number of amides is 1. The van der Waals surface area contributed by atoms with Crippen molar-refractivity contribution in [2.24, 2.45) is 0 Å². The fourth-order valence-electron chi connectivity index (χ4n) is 3.26. The highest BCUT2D eigenvalue weighted by molar-refractivity contribution is 7.93. The summed E-state index contributed by atoms with van der Waals surface area (Å²) in [4.78, 5) is 12.7. The zero-order chi connectivity index (χ0) is 18.1. The maximum atomic E-state index is 12.7. The number of benzene rings is 3. The molecule has 1 saturated heterocycles. The molecular weight excluding hydrogens is 348 g/mol. The molecule has 26 heavy (non-hydrogen) atoms. The molecule has 3 aromatic rings. The Bertz CT molecular complexity index is 1070. The van der Waals surface area contributed by atoms with Crippen LogP contribution in [0.1, 0.15) is 16.8 Å². The van der Waals surface area contributed by atoms with Crippen LogP contribution in [0.15, 0.2) is 66.7 Å². The van der Waals surface area contributed by atoms with E-state index < -0.39 is 10.0 Å². The Balaban J connectivity index is 1.56. The number of rotatable bonds is 3. The number of sulfonamides is 1. The third kappa shape index (κ3) is 3.04. The largest absolute Gasteiger partial charge is 0.322 e. The Morgan fingerprint density at radius 1 is 0.923 bits per heavy atom. The Morgan fingerprint density at radius 2 is 1.65 bits per heavy atom. The maximum absolute atomic E-state index is 12.7. The summed E-state index contributed by atoms with van der Waals surface area (Å²) in [5, 5.41) is 4.79. The van der Waals surface area contributed by atoms with Crippen LogP contribution in [0, 0.1) is 0 Å². The van der Waals surface area contributed by atoms with E-state index in [0.717, 1.165) is 10.8 Å². The average Bonchev–Trinajstić information content (AvgIpc) is 3.01. The number of carbonyl (C=O) groups is 1. The Hall–Kier alpha value is -2.86. The highest BCUT2D eigenvalue weighted by Gasteiger charge is 2.28. The van der Waals surface area contributed by atoms with E-state index in [-0.39, 0.29) is 11.7 Å². The lowest BCUT2D eigenvalue weighted by Crippen LogP contribution is -2.25. The van der Waals surface area contributed by atoms with Gasteiger partial charge in [0.05, 0.1) is 11.4 Å². The first-order valence-corrected chi connectivity index (χ1v) is 10.1. The van der Waals surface area contributed by atoms with Gasteiger partial charge in [0.15, 0.2) is 0 Å². The van der Waals surface area contributed by atoms with Crippen molar-refractivity contribution in [1.82, 2.24) is 0 Å². The fourth-order valence-corrected chi connectivity index (χ4v) is 4.83. The standard InChI is InChI=1S/C20H18N2O3S/c23-20(19-8-3-6-15-5-1-2-7-18(15)19)21-16-9-11-17(12-10-16)22-13-4-14-26(22,24)25/h1-3,5-12H,4,13-14H2,(H,21,23). The molecule has 0 bridgehead atoms. The van der Waals surface area contributed by atoms with Gasteiger partial charge in [-0.3, -0.25) is 9.10 Å². The average molecular weight is 366 g/mol. The van der Waals surface area contributed by atoms with Crippen LogP contribution in [0.25, 0.3) is 10.8 Å². The van der Waals surface area contributed by atoms with E-state index in [2.05, 4.69) is 5.32 Å². The summed E-state index contributed by atoms with van der Waals surface area (Å²) >= 11 is 0. The Labute approximate surface area is 152 Å². The number of hydrogen-bond donors (Lipinski definition) is 1. The van der Waals surface area contributed by atoms with Crippen LogP contribution in [0.2, 0.25) is 0 Å². The minimum absolute atomic E-state index is 0.187. The smallest absolute Gasteiger partial charge is 0.256 e. The van der Waals surface area contributed by atoms with Gasteiger partial charge >= 0.3 is 0 Å². The lowest BCUT2D eigenvalue weighted by molar-refractivity contribution is 0.102. The van der Waals surface area contributed by atoms with Gasteiger partial charge in [0.1, 0.15) is 0 Å². The molecular formula is C20H18N2O3S. The quantitative estimate of drug-likeness (QED) is 0.770. The van der Waals surface area contributed by atoms with Crippen molar-refractivity contribution >= 4 is 38.1 Å². The zero-order valence-electron chi connectivity index (χ0n) is 14.1. The first-order valence-electron chi connectivity index (χ1n) is 8.44. The van der Waals surface area contributed by atoms with Gasteiger partial charge in [-0.1, -0.05) is 36.4 Å². The van der Waals surface area contributed by atoms with E-state index in [1.54, 1.807) is 30.3 Å². The molecule has 0 aliphatic carbocycles. The Morgan fingerprint density at radius 3 is 2.38 bits per heavy atom. The third-order valence-electron chi connectivity index (χ3n) is 4.55. The highest BCUT2D eigenvalue weighted by atomic mass is 32.2. The van der Waals surface area contributed by atoms with E-state index >= 15 is 0 Å². The van der Waals surface area contributed by atoms with E-state index in [9.17, 15) is 13.2 Å². The summed E-state index contributed by atoms with van der Waals surface area (Å²) in [6, 6.07) is 20.3. The SMILES string of the molecule is O=C(Nc1ccc(N2CCCS2(=O)=O)cc1)c1cccc2ccccc12. The highest BCUT2D eigenvalue weighted by Crippen LogP contribution is 2.26. The van der Waals surface area contributed by atoms with Crippen LogP contribution >= 0.6 is 0 Å². The molecule has 0 unspecified atom stereocenters. The van der Waals surface area contributed by atoms with Crippen molar-refractivity contribution in [2.45, 2.75) is 6.42 Å². The van der Waals surface area contributed by atoms with Crippen LogP contribution in [0.3, 0.4) is 0 Å². The van der Waals surface area contributed by atoms with Gasteiger partial charge in [-0.2, -0.15) is 0 Å². The summed E-state index contributed by atoms with van der Waals surface area (Å²) in [5.74, 6) is -0.00428. The van der Waals surface area contributed by atoms with Crippen molar-refractivity contribution in [2.75, 3.05) is 21.9 Å². The molecule has 1 amide bonds. The van der Waals surface area contributed by atoms with Crippen molar-refractivity contribution in [3.63, 3.8) is 0 Å². The molecule has 1 N–H and O–H groups in total. The number of nitrogens with zero attached hydrogens (tertiary/aromatic N) is 1. The van der Waals surface area contributed by atoms with Crippen LogP contribution in [0.4, 0.5) is 11.4 Å². The normalized spacial score (nSPS) is 15.9. The molecule has 1 aliphatic rings. The molecule has 0 saturated carbocycles. The number of carbonyl (C=O) groups excluding carboxylic acids is 1. The molecule has 1 heterocycles. The number of fused-ring (bicyclic) bond motifs is 1. The summed E-state index contributed by atoms with van der Waals surface area (Å²) in [6.07, 6.45) is 0.641. The monoisotopic (exact) mass is 366 g/mol. The van der Waals surface area contributed by atoms with E-state index in [1.165, 1.54) is 4.31 Å². The first kappa shape index (κ1) is 16.6. The molecule has 0 atom stereocenters. The van der Waals surface area contributed by atoms with Gasteiger partial charge < -0.3 is 5.32 Å².